The zero-order valence-corrected chi connectivity index (χ0v) is 19.2. The highest BCUT2D eigenvalue weighted by molar-refractivity contribution is 6.16. The van der Waals surface area contributed by atoms with Crippen molar-refractivity contribution in [2.45, 2.75) is 12.6 Å². The summed E-state index contributed by atoms with van der Waals surface area (Å²) in [5.74, 6) is -0.687. The Balaban J connectivity index is 1.60. The van der Waals surface area contributed by atoms with Crippen LogP contribution in [-0.2, 0) is 11.3 Å². The standard InChI is InChI=1S/C28H23NO6/c1-33-20-13-7-6-11-19(20)16-29-24(17-9-4-3-5-10-17)23(26(31)28(29)32)25(30)22-15-18-12-8-14-21(34-2)27(18)35-22/h3-15,24,31H,16H2,1-2H3. The number of methoxy groups -OCH3 is 2. The van der Waals surface area contributed by atoms with E-state index in [4.69, 9.17) is 13.9 Å². The summed E-state index contributed by atoms with van der Waals surface area (Å²) in [6.07, 6.45) is 0. The van der Waals surface area contributed by atoms with Gasteiger partial charge in [-0.1, -0.05) is 60.7 Å². The minimum absolute atomic E-state index is 0.0129. The third kappa shape index (κ3) is 3.81. The first-order chi connectivity index (χ1) is 17.0. The number of carbonyl (C=O) groups excluding carboxylic acids is 2. The van der Waals surface area contributed by atoms with E-state index in [-0.39, 0.29) is 17.9 Å². The first-order valence-electron chi connectivity index (χ1n) is 11.1. The highest BCUT2D eigenvalue weighted by Gasteiger charge is 2.44. The number of aliphatic hydroxyl groups excluding tert-OH is 1. The van der Waals surface area contributed by atoms with Gasteiger partial charge in [0.05, 0.1) is 32.4 Å². The van der Waals surface area contributed by atoms with Crippen LogP contribution < -0.4 is 9.47 Å². The van der Waals surface area contributed by atoms with Crippen molar-refractivity contribution < 1.29 is 28.6 Å². The number of aliphatic hydroxyl groups is 1. The van der Waals surface area contributed by atoms with E-state index in [9.17, 15) is 14.7 Å². The number of Topliss-reactive ketones (excluding diaryl/α,β-unsaturated/α-hetero) is 1. The maximum Gasteiger partial charge on any atom is 0.290 e. The van der Waals surface area contributed by atoms with Gasteiger partial charge in [0.2, 0.25) is 5.78 Å². The van der Waals surface area contributed by atoms with E-state index >= 15 is 0 Å². The Morgan fingerprint density at radius 2 is 1.63 bits per heavy atom. The second-order valence-corrected chi connectivity index (χ2v) is 8.14. The first-order valence-corrected chi connectivity index (χ1v) is 11.1. The van der Waals surface area contributed by atoms with Crippen LogP contribution in [0.5, 0.6) is 11.5 Å². The number of ketones is 1. The first kappa shape index (κ1) is 22.3. The number of para-hydroxylation sites is 2. The maximum absolute atomic E-state index is 13.7. The van der Waals surface area contributed by atoms with Crippen LogP contribution >= 0.6 is 0 Å². The van der Waals surface area contributed by atoms with E-state index in [0.29, 0.717) is 28.0 Å². The van der Waals surface area contributed by atoms with E-state index in [0.717, 1.165) is 5.56 Å². The van der Waals surface area contributed by atoms with Crippen LogP contribution in [0.1, 0.15) is 27.7 Å². The van der Waals surface area contributed by atoms with Gasteiger partial charge in [-0.2, -0.15) is 0 Å². The third-order valence-electron chi connectivity index (χ3n) is 6.15. The van der Waals surface area contributed by atoms with E-state index in [1.165, 1.54) is 12.0 Å². The number of amides is 1. The number of carbonyl (C=O) groups is 2. The molecule has 1 unspecified atom stereocenters. The minimum atomic E-state index is -0.809. The van der Waals surface area contributed by atoms with Crippen molar-refractivity contribution in [1.82, 2.24) is 4.90 Å². The average Bonchev–Trinajstić information content (AvgIpc) is 3.44. The zero-order valence-electron chi connectivity index (χ0n) is 19.2. The highest BCUT2D eigenvalue weighted by Crippen LogP contribution is 2.41. The number of ether oxygens (including phenoxy) is 2. The van der Waals surface area contributed by atoms with Gasteiger partial charge < -0.3 is 23.9 Å². The number of nitrogens with zero attached hydrogens (tertiary/aromatic N) is 1. The maximum atomic E-state index is 13.7. The Kier molecular flexibility index (Phi) is 5.74. The number of fused-ring (bicyclic) bond motifs is 1. The van der Waals surface area contributed by atoms with Crippen LogP contribution in [0.2, 0.25) is 0 Å². The topological polar surface area (TPSA) is 89.2 Å². The molecule has 1 amide bonds. The quantitative estimate of drug-likeness (QED) is 0.373. The largest absolute Gasteiger partial charge is 0.503 e. The monoisotopic (exact) mass is 469 g/mol. The Morgan fingerprint density at radius 3 is 2.37 bits per heavy atom. The number of rotatable bonds is 7. The molecule has 176 valence electrons. The van der Waals surface area contributed by atoms with Crippen molar-refractivity contribution in [3.8, 4) is 11.5 Å². The van der Waals surface area contributed by atoms with Gasteiger partial charge in [0.25, 0.3) is 5.91 Å². The summed E-state index contributed by atoms with van der Waals surface area (Å²) in [7, 11) is 3.07. The number of benzene rings is 3. The molecule has 1 N–H and O–H groups in total. The molecule has 0 saturated carbocycles. The Labute approximate surface area is 201 Å². The second-order valence-electron chi connectivity index (χ2n) is 8.14. The lowest BCUT2D eigenvalue weighted by Gasteiger charge is -2.27. The van der Waals surface area contributed by atoms with Crippen molar-refractivity contribution in [1.29, 1.82) is 0 Å². The number of hydrogen-bond donors (Lipinski definition) is 1. The molecule has 5 rings (SSSR count). The summed E-state index contributed by atoms with van der Waals surface area (Å²) in [5, 5.41) is 11.6. The van der Waals surface area contributed by atoms with Gasteiger partial charge in [-0.25, -0.2) is 0 Å². The summed E-state index contributed by atoms with van der Waals surface area (Å²) in [5.41, 5.74) is 1.83. The molecule has 0 spiro atoms. The molecular formula is C28H23NO6. The smallest absolute Gasteiger partial charge is 0.290 e. The van der Waals surface area contributed by atoms with Crippen LogP contribution in [-0.4, -0.2) is 35.9 Å². The van der Waals surface area contributed by atoms with Crippen molar-refractivity contribution >= 4 is 22.7 Å². The molecule has 0 bridgehead atoms. The lowest BCUT2D eigenvalue weighted by atomic mass is 9.95. The fourth-order valence-corrected chi connectivity index (χ4v) is 4.49. The van der Waals surface area contributed by atoms with Crippen molar-refractivity contribution in [2.24, 2.45) is 0 Å². The molecular weight excluding hydrogens is 446 g/mol. The van der Waals surface area contributed by atoms with E-state index in [1.54, 1.807) is 37.4 Å². The molecule has 3 aromatic carbocycles. The van der Waals surface area contributed by atoms with E-state index in [2.05, 4.69) is 0 Å². The molecule has 0 radical (unpaired) electrons. The summed E-state index contributed by atoms with van der Waals surface area (Å²) in [6, 6.07) is 22.6. The van der Waals surface area contributed by atoms with Gasteiger partial charge in [0, 0.05) is 10.9 Å². The van der Waals surface area contributed by atoms with Crippen molar-refractivity contribution in [2.75, 3.05) is 14.2 Å². The van der Waals surface area contributed by atoms with Crippen LogP contribution in [0.4, 0.5) is 0 Å². The molecule has 35 heavy (non-hydrogen) atoms. The minimum Gasteiger partial charge on any atom is -0.503 e. The molecule has 0 aliphatic carbocycles. The van der Waals surface area contributed by atoms with Crippen molar-refractivity contribution in [3.63, 3.8) is 0 Å². The molecule has 1 aliphatic rings. The van der Waals surface area contributed by atoms with Crippen molar-refractivity contribution in [3.05, 3.63) is 107 Å². The summed E-state index contributed by atoms with van der Waals surface area (Å²) in [4.78, 5) is 28.5. The summed E-state index contributed by atoms with van der Waals surface area (Å²) in [6.45, 7) is 0.136. The van der Waals surface area contributed by atoms with E-state index < -0.39 is 23.5 Å². The normalized spacial score (nSPS) is 15.7. The van der Waals surface area contributed by atoms with Gasteiger partial charge in [-0.15, -0.1) is 0 Å². The Hall–Kier alpha value is -4.52. The van der Waals surface area contributed by atoms with Crippen LogP contribution in [0.25, 0.3) is 11.0 Å². The number of hydrogen-bond acceptors (Lipinski definition) is 6. The SMILES string of the molecule is COc1ccccc1CN1C(=O)C(O)=C(C(=O)c2cc3cccc(OC)c3o2)C1c1ccccc1. The van der Waals surface area contributed by atoms with E-state index in [1.807, 2.05) is 48.5 Å². The van der Waals surface area contributed by atoms with Crippen LogP contribution in [0.3, 0.4) is 0 Å². The molecule has 7 heteroatoms. The molecule has 1 aliphatic heterocycles. The lowest BCUT2D eigenvalue weighted by molar-refractivity contribution is -0.130. The summed E-state index contributed by atoms with van der Waals surface area (Å²) < 4.78 is 16.6. The van der Waals surface area contributed by atoms with Gasteiger partial charge in [-0.3, -0.25) is 9.59 Å². The molecule has 1 aromatic heterocycles. The second kappa shape index (κ2) is 9.02. The predicted molar refractivity (Wildman–Crippen MR) is 129 cm³/mol. The predicted octanol–water partition coefficient (Wildman–Crippen LogP) is 5.23. The number of furan rings is 1. The summed E-state index contributed by atoms with van der Waals surface area (Å²) >= 11 is 0. The molecule has 1 atom stereocenters. The van der Waals surface area contributed by atoms with Gasteiger partial charge in [0.15, 0.2) is 22.9 Å². The zero-order chi connectivity index (χ0) is 24.5. The molecule has 0 saturated heterocycles. The highest BCUT2D eigenvalue weighted by atomic mass is 16.5. The fourth-order valence-electron chi connectivity index (χ4n) is 4.49. The Bertz CT molecular complexity index is 1450. The molecule has 4 aromatic rings. The average molecular weight is 469 g/mol. The fraction of sp³-hybridized carbons (Fsp3) is 0.143. The molecule has 0 fully saturated rings. The third-order valence-corrected chi connectivity index (χ3v) is 6.15. The van der Waals surface area contributed by atoms with Crippen LogP contribution in [0.15, 0.2) is 94.6 Å². The van der Waals surface area contributed by atoms with Gasteiger partial charge in [0.1, 0.15) is 5.75 Å². The molecule has 2 heterocycles. The van der Waals surface area contributed by atoms with Gasteiger partial charge in [-0.05, 0) is 23.8 Å². The van der Waals surface area contributed by atoms with Gasteiger partial charge >= 0.3 is 0 Å². The van der Waals surface area contributed by atoms with Crippen LogP contribution in [0, 0.1) is 0 Å². The lowest BCUT2D eigenvalue weighted by Crippen LogP contribution is -2.30. The Morgan fingerprint density at radius 1 is 0.943 bits per heavy atom. The molecule has 7 nitrogen and oxygen atoms in total.